The highest BCUT2D eigenvalue weighted by Gasteiger charge is 2.28. The number of hydrogen-bond acceptors (Lipinski definition) is 4. The number of hydrogen-bond donors (Lipinski definition) is 1. The van der Waals surface area contributed by atoms with Gasteiger partial charge >= 0.3 is 0 Å². The molecular formula is C11H15N3O2. The van der Waals surface area contributed by atoms with E-state index < -0.39 is 6.10 Å². The zero-order valence-electron chi connectivity index (χ0n) is 9.00. The van der Waals surface area contributed by atoms with Crippen LogP contribution < -0.4 is 5.73 Å². The van der Waals surface area contributed by atoms with Gasteiger partial charge in [-0.25, -0.2) is 0 Å². The van der Waals surface area contributed by atoms with Crippen molar-refractivity contribution in [2.24, 2.45) is 5.73 Å². The van der Waals surface area contributed by atoms with E-state index in [-0.39, 0.29) is 12.5 Å². The maximum Gasteiger partial charge on any atom is 0.253 e. The lowest BCUT2D eigenvalue weighted by atomic mass is 10.2. The summed E-state index contributed by atoms with van der Waals surface area (Å²) in [6, 6.07) is 3.81. The highest BCUT2D eigenvalue weighted by molar-refractivity contribution is 5.81. The van der Waals surface area contributed by atoms with Gasteiger partial charge in [0.05, 0.1) is 6.61 Å². The van der Waals surface area contributed by atoms with Gasteiger partial charge < -0.3 is 15.4 Å². The third-order valence-corrected chi connectivity index (χ3v) is 2.60. The topological polar surface area (TPSA) is 68.5 Å². The molecule has 1 atom stereocenters. The fraction of sp³-hybridized carbons (Fsp3) is 0.455. The van der Waals surface area contributed by atoms with Crippen LogP contribution in [-0.4, -0.2) is 41.6 Å². The Morgan fingerprint density at radius 3 is 2.94 bits per heavy atom. The van der Waals surface area contributed by atoms with Crippen molar-refractivity contribution in [2.45, 2.75) is 12.6 Å². The van der Waals surface area contributed by atoms with Crippen molar-refractivity contribution < 1.29 is 9.53 Å². The van der Waals surface area contributed by atoms with E-state index in [1.807, 2.05) is 12.1 Å². The van der Waals surface area contributed by atoms with Crippen LogP contribution in [0.25, 0.3) is 0 Å². The first-order valence-electron chi connectivity index (χ1n) is 5.30. The minimum atomic E-state index is -0.476. The van der Waals surface area contributed by atoms with E-state index in [9.17, 15) is 4.79 Å². The number of morpholine rings is 1. The Hall–Kier alpha value is -1.46. The third-order valence-electron chi connectivity index (χ3n) is 2.60. The quantitative estimate of drug-likeness (QED) is 0.765. The molecule has 1 fully saturated rings. The molecule has 0 saturated carbocycles. The summed E-state index contributed by atoms with van der Waals surface area (Å²) in [5.41, 5.74) is 6.54. The summed E-state index contributed by atoms with van der Waals surface area (Å²) in [7, 11) is 0. The monoisotopic (exact) mass is 221 g/mol. The van der Waals surface area contributed by atoms with Crippen molar-refractivity contribution in [3.63, 3.8) is 0 Å². The molecule has 2 rings (SSSR count). The molecule has 1 amide bonds. The highest BCUT2D eigenvalue weighted by atomic mass is 16.5. The van der Waals surface area contributed by atoms with Crippen molar-refractivity contribution in [2.75, 3.05) is 19.7 Å². The van der Waals surface area contributed by atoms with E-state index in [0.717, 1.165) is 5.56 Å². The molecule has 0 aliphatic carbocycles. The second-order valence-corrected chi connectivity index (χ2v) is 3.71. The summed E-state index contributed by atoms with van der Waals surface area (Å²) in [5.74, 6) is -0.0226. The maximum absolute atomic E-state index is 11.9. The van der Waals surface area contributed by atoms with Gasteiger partial charge in [-0.05, 0) is 17.7 Å². The van der Waals surface area contributed by atoms with E-state index in [1.165, 1.54) is 0 Å². The molecule has 1 unspecified atom stereocenters. The second-order valence-electron chi connectivity index (χ2n) is 3.71. The molecule has 1 aliphatic rings. The van der Waals surface area contributed by atoms with Gasteiger partial charge in [-0.15, -0.1) is 0 Å². The lowest BCUT2D eigenvalue weighted by Crippen LogP contribution is -2.50. The van der Waals surface area contributed by atoms with Crippen LogP contribution in [0, 0.1) is 0 Å². The van der Waals surface area contributed by atoms with Gasteiger partial charge in [0.25, 0.3) is 5.91 Å². The zero-order valence-corrected chi connectivity index (χ0v) is 9.00. The molecule has 16 heavy (non-hydrogen) atoms. The Bertz CT molecular complexity index is 356. The summed E-state index contributed by atoms with van der Waals surface area (Å²) in [6.07, 6.45) is 2.97. The number of amides is 1. The average Bonchev–Trinajstić information content (AvgIpc) is 2.33. The first-order chi connectivity index (χ1) is 7.81. The molecule has 0 bridgehead atoms. The van der Waals surface area contributed by atoms with Crippen LogP contribution in [0.3, 0.4) is 0 Å². The first kappa shape index (κ1) is 11.0. The van der Waals surface area contributed by atoms with Gasteiger partial charge in [0, 0.05) is 32.0 Å². The Morgan fingerprint density at radius 2 is 2.25 bits per heavy atom. The van der Waals surface area contributed by atoms with Crippen molar-refractivity contribution in [3.8, 4) is 0 Å². The predicted octanol–water partition coefficient (Wildman–Crippen LogP) is -0.232. The van der Waals surface area contributed by atoms with E-state index in [1.54, 1.807) is 17.3 Å². The molecular weight excluding hydrogens is 206 g/mol. The predicted molar refractivity (Wildman–Crippen MR) is 58.4 cm³/mol. The SMILES string of the molecule is NCC1OCCN(Cc2ccncc2)C1=O. The van der Waals surface area contributed by atoms with Gasteiger partial charge in [-0.1, -0.05) is 0 Å². The van der Waals surface area contributed by atoms with Gasteiger partial charge in [0.1, 0.15) is 6.10 Å². The van der Waals surface area contributed by atoms with Gasteiger partial charge in [-0.2, -0.15) is 0 Å². The van der Waals surface area contributed by atoms with Crippen LogP contribution in [0.15, 0.2) is 24.5 Å². The van der Waals surface area contributed by atoms with Gasteiger partial charge in [0.2, 0.25) is 0 Å². The number of aromatic nitrogens is 1. The molecule has 1 aromatic rings. The largest absolute Gasteiger partial charge is 0.365 e. The zero-order chi connectivity index (χ0) is 11.4. The lowest BCUT2D eigenvalue weighted by Gasteiger charge is -2.31. The number of carbonyl (C=O) groups is 1. The van der Waals surface area contributed by atoms with Crippen molar-refractivity contribution >= 4 is 5.91 Å². The summed E-state index contributed by atoms with van der Waals surface area (Å²) < 4.78 is 5.28. The average molecular weight is 221 g/mol. The minimum absolute atomic E-state index is 0.0226. The molecule has 5 heteroatoms. The van der Waals surface area contributed by atoms with Crippen LogP contribution in [-0.2, 0) is 16.1 Å². The second kappa shape index (κ2) is 5.05. The number of pyridine rings is 1. The van der Waals surface area contributed by atoms with Gasteiger partial charge in [-0.3, -0.25) is 9.78 Å². The molecule has 0 spiro atoms. The van der Waals surface area contributed by atoms with Crippen molar-refractivity contribution in [3.05, 3.63) is 30.1 Å². The Kier molecular flexibility index (Phi) is 3.48. The molecule has 1 saturated heterocycles. The summed E-state index contributed by atoms with van der Waals surface area (Å²) in [4.78, 5) is 17.6. The fourth-order valence-electron chi connectivity index (χ4n) is 1.72. The van der Waals surface area contributed by atoms with E-state index in [0.29, 0.717) is 19.7 Å². The van der Waals surface area contributed by atoms with Gasteiger partial charge in [0.15, 0.2) is 0 Å². The molecule has 1 aliphatic heterocycles. The van der Waals surface area contributed by atoms with Crippen molar-refractivity contribution in [1.82, 2.24) is 9.88 Å². The number of nitrogens with zero attached hydrogens (tertiary/aromatic N) is 2. The van der Waals surface area contributed by atoms with E-state index >= 15 is 0 Å². The Balaban J connectivity index is 2.02. The number of rotatable bonds is 3. The first-order valence-corrected chi connectivity index (χ1v) is 5.30. The third kappa shape index (κ3) is 2.37. The van der Waals surface area contributed by atoms with Crippen LogP contribution in [0.2, 0.25) is 0 Å². The van der Waals surface area contributed by atoms with E-state index in [2.05, 4.69) is 4.98 Å². The van der Waals surface area contributed by atoms with Crippen LogP contribution in [0.5, 0.6) is 0 Å². The maximum atomic E-state index is 11.9. The number of carbonyl (C=O) groups excluding carboxylic acids is 1. The molecule has 0 radical (unpaired) electrons. The molecule has 86 valence electrons. The van der Waals surface area contributed by atoms with Crippen LogP contribution in [0.4, 0.5) is 0 Å². The highest BCUT2D eigenvalue weighted by Crippen LogP contribution is 2.10. The molecule has 2 N–H and O–H groups in total. The summed E-state index contributed by atoms with van der Waals surface area (Å²) in [5, 5.41) is 0. The standard InChI is InChI=1S/C11H15N3O2/c12-7-10-11(15)14(5-6-16-10)8-9-1-3-13-4-2-9/h1-4,10H,5-8,12H2. The normalized spacial score (nSPS) is 21.2. The van der Waals surface area contributed by atoms with Crippen molar-refractivity contribution in [1.29, 1.82) is 0 Å². The molecule has 2 heterocycles. The number of ether oxygens (including phenoxy) is 1. The van der Waals surface area contributed by atoms with Crippen LogP contribution >= 0.6 is 0 Å². The Labute approximate surface area is 94.2 Å². The smallest absolute Gasteiger partial charge is 0.253 e. The molecule has 0 aromatic carbocycles. The summed E-state index contributed by atoms with van der Waals surface area (Å²) in [6.45, 7) is 2.02. The minimum Gasteiger partial charge on any atom is -0.365 e. The van der Waals surface area contributed by atoms with E-state index in [4.69, 9.17) is 10.5 Å². The Morgan fingerprint density at radius 1 is 1.50 bits per heavy atom. The number of nitrogens with two attached hydrogens (primary N) is 1. The molecule has 1 aromatic heterocycles. The lowest BCUT2D eigenvalue weighted by molar-refractivity contribution is -0.152. The van der Waals surface area contributed by atoms with Crippen LogP contribution in [0.1, 0.15) is 5.56 Å². The fourth-order valence-corrected chi connectivity index (χ4v) is 1.72. The summed E-state index contributed by atoms with van der Waals surface area (Å²) >= 11 is 0. The molecule has 5 nitrogen and oxygen atoms in total.